The highest BCUT2D eigenvalue weighted by atomic mass is 32.1. The first-order valence-corrected chi connectivity index (χ1v) is 6.42. The molecule has 1 atom stereocenters. The second kappa shape index (κ2) is 4.51. The Labute approximate surface area is 98.9 Å². The summed E-state index contributed by atoms with van der Waals surface area (Å²) in [5.41, 5.74) is 0.176. The lowest BCUT2D eigenvalue weighted by atomic mass is 10.2. The van der Waals surface area contributed by atoms with Gasteiger partial charge in [0.2, 0.25) is 0 Å². The zero-order valence-electron chi connectivity index (χ0n) is 9.51. The molecule has 2 rings (SSSR count). The molecule has 1 aliphatic rings. The van der Waals surface area contributed by atoms with E-state index >= 15 is 0 Å². The van der Waals surface area contributed by atoms with Crippen LogP contribution < -0.4 is 0 Å². The molecule has 88 valence electrons. The van der Waals surface area contributed by atoms with Gasteiger partial charge in [0.1, 0.15) is 5.01 Å². The SMILES string of the molecule is CC(C)N1CCCC1c1nc(C(=O)O)cs1. The minimum atomic E-state index is -0.934. The summed E-state index contributed by atoms with van der Waals surface area (Å²) in [6, 6.07) is 0.808. The van der Waals surface area contributed by atoms with E-state index in [1.165, 1.54) is 17.8 Å². The molecule has 0 spiro atoms. The van der Waals surface area contributed by atoms with Gasteiger partial charge in [0.05, 0.1) is 6.04 Å². The Morgan fingerprint density at radius 1 is 1.69 bits per heavy atom. The molecular formula is C11H16N2O2S. The molecule has 16 heavy (non-hydrogen) atoms. The van der Waals surface area contributed by atoms with Crippen molar-refractivity contribution in [2.75, 3.05) is 6.54 Å². The third-order valence-corrected chi connectivity index (χ3v) is 3.93. The lowest BCUT2D eigenvalue weighted by Crippen LogP contribution is -2.30. The van der Waals surface area contributed by atoms with Crippen LogP contribution in [0.1, 0.15) is 48.2 Å². The predicted molar refractivity (Wildman–Crippen MR) is 62.9 cm³/mol. The molecule has 0 bridgehead atoms. The molecule has 1 unspecified atom stereocenters. The van der Waals surface area contributed by atoms with Crippen molar-refractivity contribution in [3.05, 3.63) is 16.1 Å². The van der Waals surface area contributed by atoms with Crippen LogP contribution in [0, 0.1) is 0 Å². The number of aromatic carboxylic acids is 1. The van der Waals surface area contributed by atoms with E-state index in [2.05, 4.69) is 23.7 Å². The quantitative estimate of drug-likeness (QED) is 0.881. The van der Waals surface area contributed by atoms with Gasteiger partial charge in [-0.1, -0.05) is 0 Å². The minimum Gasteiger partial charge on any atom is -0.476 e. The maximum atomic E-state index is 10.8. The number of nitrogens with zero attached hydrogens (tertiary/aromatic N) is 2. The van der Waals surface area contributed by atoms with Gasteiger partial charge in [-0.15, -0.1) is 11.3 Å². The summed E-state index contributed by atoms with van der Waals surface area (Å²) >= 11 is 1.46. The lowest BCUT2D eigenvalue weighted by molar-refractivity contribution is 0.0691. The Balaban J connectivity index is 2.19. The zero-order valence-corrected chi connectivity index (χ0v) is 10.3. The number of hydrogen-bond donors (Lipinski definition) is 1. The number of carbonyl (C=O) groups is 1. The Morgan fingerprint density at radius 3 is 3.00 bits per heavy atom. The Bertz CT molecular complexity index is 389. The van der Waals surface area contributed by atoms with Crippen molar-refractivity contribution in [3.63, 3.8) is 0 Å². The highest BCUT2D eigenvalue weighted by Crippen LogP contribution is 2.34. The van der Waals surface area contributed by atoms with Gasteiger partial charge in [0.25, 0.3) is 0 Å². The van der Waals surface area contributed by atoms with E-state index in [1.54, 1.807) is 5.38 Å². The Morgan fingerprint density at radius 2 is 2.44 bits per heavy atom. The molecule has 1 saturated heterocycles. The first-order valence-electron chi connectivity index (χ1n) is 5.54. The number of carboxylic acid groups (broad SMARTS) is 1. The molecule has 1 aromatic rings. The maximum absolute atomic E-state index is 10.8. The summed E-state index contributed by atoms with van der Waals surface area (Å²) in [5.74, 6) is -0.934. The average molecular weight is 240 g/mol. The molecule has 1 aromatic heterocycles. The summed E-state index contributed by atoms with van der Waals surface area (Å²) in [6.45, 7) is 5.43. The van der Waals surface area contributed by atoms with E-state index in [9.17, 15) is 4.79 Å². The zero-order chi connectivity index (χ0) is 11.7. The standard InChI is InChI=1S/C11H16N2O2S/c1-7(2)13-5-3-4-9(13)10-12-8(6-16-10)11(14)15/h6-7,9H,3-5H2,1-2H3,(H,14,15). The summed E-state index contributed by atoms with van der Waals surface area (Å²) in [6.07, 6.45) is 2.26. The van der Waals surface area contributed by atoms with E-state index in [0.29, 0.717) is 12.1 Å². The van der Waals surface area contributed by atoms with E-state index in [4.69, 9.17) is 5.11 Å². The number of carboxylic acids is 1. The summed E-state index contributed by atoms with van der Waals surface area (Å²) < 4.78 is 0. The van der Waals surface area contributed by atoms with Crippen LogP contribution in [0.3, 0.4) is 0 Å². The number of aromatic nitrogens is 1. The molecule has 2 heterocycles. The second-order valence-electron chi connectivity index (χ2n) is 4.37. The van der Waals surface area contributed by atoms with Gasteiger partial charge in [0.15, 0.2) is 5.69 Å². The van der Waals surface area contributed by atoms with Crippen molar-refractivity contribution in [1.29, 1.82) is 0 Å². The van der Waals surface area contributed by atoms with Crippen molar-refractivity contribution in [3.8, 4) is 0 Å². The molecule has 0 amide bonds. The number of likely N-dealkylation sites (tertiary alicyclic amines) is 1. The Kier molecular flexibility index (Phi) is 3.25. The van der Waals surface area contributed by atoms with Crippen LogP contribution in [0.25, 0.3) is 0 Å². The molecule has 0 aromatic carbocycles. The molecule has 1 fully saturated rings. The number of rotatable bonds is 3. The third-order valence-electron chi connectivity index (χ3n) is 2.98. The van der Waals surface area contributed by atoms with Crippen LogP contribution in [-0.4, -0.2) is 33.5 Å². The van der Waals surface area contributed by atoms with Crippen LogP contribution >= 0.6 is 11.3 Å². The summed E-state index contributed by atoms with van der Waals surface area (Å²) in [7, 11) is 0. The van der Waals surface area contributed by atoms with Crippen LogP contribution in [-0.2, 0) is 0 Å². The molecule has 0 aliphatic carbocycles. The summed E-state index contributed by atoms with van der Waals surface area (Å²) in [4.78, 5) is 17.4. The summed E-state index contributed by atoms with van der Waals surface area (Å²) in [5, 5.41) is 11.4. The highest BCUT2D eigenvalue weighted by Gasteiger charge is 2.30. The monoisotopic (exact) mass is 240 g/mol. The fourth-order valence-electron chi connectivity index (χ4n) is 2.21. The minimum absolute atomic E-state index is 0.176. The van der Waals surface area contributed by atoms with Gasteiger partial charge in [-0.25, -0.2) is 9.78 Å². The van der Waals surface area contributed by atoms with Gasteiger partial charge in [-0.3, -0.25) is 4.90 Å². The number of hydrogen-bond acceptors (Lipinski definition) is 4. The van der Waals surface area contributed by atoms with Crippen LogP contribution in [0.4, 0.5) is 0 Å². The molecular weight excluding hydrogens is 224 g/mol. The molecule has 5 heteroatoms. The molecule has 0 radical (unpaired) electrons. The van der Waals surface area contributed by atoms with Crippen LogP contribution in [0.15, 0.2) is 5.38 Å². The average Bonchev–Trinajstić information content (AvgIpc) is 2.86. The van der Waals surface area contributed by atoms with E-state index in [0.717, 1.165) is 18.0 Å². The normalized spacial score (nSPS) is 21.8. The first-order chi connectivity index (χ1) is 7.59. The third kappa shape index (κ3) is 2.10. The molecule has 4 nitrogen and oxygen atoms in total. The fourth-order valence-corrected chi connectivity index (χ4v) is 3.16. The smallest absolute Gasteiger partial charge is 0.355 e. The van der Waals surface area contributed by atoms with Crippen LogP contribution in [0.2, 0.25) is 0 Å². The maximum Gasteiger partial charge on any atom is 0.355 e. The van der Waals surface area contributed by atoms with Crippen molar-refractivity contribution in [1.82, 2.24) is 9.88 Å². The molecule has 1 aliphatic heterocycles. The van der Waals surface area contributed by atoms with Crippen molar-refractivity contribution in [2.24, 2.45) is 0 Å². The van der Waals surface area contributed by atoms with Gasteiger partial charge >= 0.3 is 5.97 Å². The second-order valence-corrected chi connectivity index (χ2v) is 5.26. The molecule has 0 saturated carbocycles. The van der Waals surface area contributed by atoms with Gasteiger partial charge in [0, 0.05) is 11.4 Å². The van der Waals surface area contributed by atoms with Gasteiger partial charge < -0.3 is 5.11 Å². The first kappa shape index (κ1) is 11.5. The molecule has 1 N–H and O–H groups in total. The fraction of sp³-hybridized carbons (Fsp3) is 0.636. The van der Waals surface area contributed by atoms with Crippen molar-refractivity contribution >= 4 is 17.3 Å². The van der Waals surface area contributed by atoms with Gasteiger partial charge in [-0.05, 0) is 33.2 Å². The predicted octanol–water partition coefficient (Wildman–Crippen LogP) is 2.39. The Hall–Kier alpha value is -0.940. The topological polar surface area (TPSA) is 53.4 Å². The number of thiazole rings is 1. The van der Waals surface area contributed by atoms with Crippen LogP contribution in [0.5, 0.6) is 0 Å². The highest BCUT2D eigenvalue weighted by molar-refractivity contribution is 7.09. The van der Waals surface area contributed by atoms with E-state index in [1.807, 2.05) is 0 Å². The van der Waals surface area contributed by atoms with Crippen molar-refractivity contribution in [2.45, 2.75) is 38.8 Å². The van der Waals surface area contributed by atoms with Crippen molar-refractivity contribution < 1.29 is 9.90 Å². The van der Waals surface area contributed by atoms with E-state index < -0.39 is 5.97 Å². The largest absolute Gasteiger partial charge is 0.476 e. The van der Waals surface area contributed by atoms with E-state index in [-0.39, 0.29) is 5.69 Å². The van der Waals surface area contributed by atoms with Gasteiger partial charge in [-0.2, -0.15) is 0 Å². The lowest BCUT2D eigenvalue weighted by Gasteiger charge is -2.26.